The maximum Gasteiger partial charge on any atom is 0.407 e. The molecular formula is C28H32N2O5. The van der Waals surface area contributed by atoms with E-state index in [4.69, 9.17) is 4.74 Å². The highest BCUT2D eigenvalue weighted by molar-refractivity contribution is 5.87. The molecule has 1 aliphatic heterocycles. The zero-order valence-corrected chi connectivity index (χ0v) is 20.1. The van der Waals surface area contributed by atoms with Crippen LogP contribution in [0.3, 0.4) is 0 Å². The van der Waals surface area contributed by atoms with E-state index in [1.807, 2.05) is 24.3 Å². The van der Waals surface area contributed by atoms with Gasteiger partial charge >= 0.3 is 12.1 Å². The predicted octanol–water partition coefficient (Wildman–Crippen LogP) is 4.12. The number of carboxylic acid groups (broad SMARTS) is 1. The Morgan fingerprint density at radius 1 is 1.03 bits per heavy atom. The number of alkyl carbamates (subject to hydrolysis) is 1. The Kier molecular flexibility index (Phi) is 6.26. The average molecular weight is 477 g/mol. The summed E-state index contributed by atoms with van der Waals surface area (Å²) in [4.78, 5) is 39.1. The molecule has 3 unspecified atom stereocenters. The molecule has 1 heterocycles. The number of hydrogen-bond acceptors (Lipinski definition) is 4. The van der Waals surface area contributed by atoms with Gasteiger partial charge in [-0.15, -0.1) is 0 Å². The van der Waals surface area contributed by atoms with E-state index in [1.165, 1.54) is 0 Å². The van der Waals surface area contributed by atoms with Gasteiger partial charge in [0, 0.05) is 19.0 Å². The quantitative estimate of drug-likeness (QED) is 0.598. The molecule has 2 fully saturated rings. The SMILES string of the molecule is CCC(C)CC(NC(=O)OCC1c2ccccc2-c2ccccc21)C(=O)N1C[C@@H]2C(C(=O)O)[C@@H]2C1. The van der Waals surface area contributed by atoms with Crippen LogP contribution in [0.25, 0.3) is 11.1 Å². The maximum atomic E-state index is 13.3. The standard InChI is InChI=1S/C28H32N2O5/c1-3-16(2)12-24(26(31)30-13-21-22(14-30)25(21)27(32)33)29-28(34)35-15-23-19-10-6-4-8-17(19)18-9-5-7-11-20(18)23/h4-11,16,21-25H,3,12-15H2,1-2H3,(H,29,34)(H,32,33)/t16?,21-,22+,24?,25?. The number of carbonyl (C=O) groups excluding carboxylic acids is 2. The van der Waals surface area contributed by atoms with Crippen LogP contribution in [0, 0.1) is 23.7 Å². The van der Waals surface area contributed by atoms with Crippen molar-refractivity contribution in [2.24, 2.45) is 23.7 Å². The van der Waals surface area contributed by atoms with Gasteiger partial charge in [0.1, 0.15) is 12.6 Å². The molecule has 0 radical (unpaired) electrons. The van der Waals surface area contributed by atoms with Crippen molar-refractivity contribution in [1.29, 1.82) is 0 Å². The zero-order chi connectivity index (χ0) is 24.7. The van der Waals surface area contributed by atoms with Crippen molar-refractivity contribution in [1.82, 2.24) is 10.2 Å². The molecule has 184 valence electrons. The van der Waals surface area contributed by atoms with Crippen LogP contribution in [0.5, 0.6) is 0 Å². The number of carboxylic acids is 1. The van der Waals surface area contributed by atoms with Crippen LogP contribution in [0.15, 0.2) is 48.5 Å². The lowest BCUT2D eigenvalue weighted by molar-refractivity contribution is -0.141. The largest absolute Gasteiger partial charge is 0.481 e. The lowest BCUT2D eigenvalue weighted by Crippen LogP contribution is -2.49. The molecule has 0 spiro atoms. The Bertz CT molecular complexity index is 1090. The summed E-state index contributed by atoms with van der Waals surface area (Å²) in [7, 11) is 0. The van der Waals surface area contributed by atoms with Crippen LogP contribution in [0.1, 0.15) is 43.7 Å². The molecule has 35 heavy (non-hydrogen) atoms. The minimum Gasteiger partial charge on any atom is -0.481 e. The van der Waals surface area contributed by atoms with E-state index in [9.17, 15) is 19.5 Å². The number of hydrogen-bond donors (Lipinski definition) is 2. The summed E-state index contributed by atoms with van der Waals surface area (Å²) in [5, 5.41) is 12.1. The topological polar surface area (TPSA) is 95.9 Å². The summed E-state index contributed by atoms with van der Waals surface area (Å²) in [6.45, 7) is 5.20. The Hall–Kier alpha value is -3.35. The highest BCUT2D eigenvalue weighted by Gasteiger charge is 2.60. The Balaban J connectivity index is 1.23. The summed E-state index contributed by atoms with van der Waals surface area (Å²) >= 11 is 0. The number of fused-ring (bicyclic) bond motifs is 4. The second-order valence-corrected chi connectivity index (χ2v) is 10.2. The average Bonchev–Trinajstić information content (AvgIpc) is 3.21. The summed E-state index contributed by atoms with van der Waals surface area (Å²) in [5.41, 5.74) is 4.60. The maximum absolute atomic E-state index is 13.3. The highest BCUT2D eigenvalue weighted by Crippen LogP contribution is 2.52. The molecule has 2 N–H and O–H groups in total. The smallest absolute Gasteiger partial charge is 0.407 e. The van der Waals surface area contributed by atoms with Crippen LogP contribution < -0.4 is 5.32 Å². The normalized spacial score (nSPS) is 23.6. The van der Waals surface area contributed by atoms with Gasteiger partial charge in [0.15, 0.2) is 0 Å². The zero-order valence-electron chi connectivity index (χ0n) is 20.1. The minimum atomic E-state index is -0.778. The molecule has 0 aromatic heterocycles. The second kappa shape index (κ2) is 9.36. The van der Waals surface area contributed by atoms with Crippen LogP contribution in [-0.4, -0.2) is 53.7 Å². The minimum absolute atomic E-state index is 0.0372. The number of piperidine rings is 1. The number of nitrogens with zero attached hydrogens (tertiary/aromatic N) is 1. The number of rotatable bonds is 8. The first kappa shape index (κ1) is 23.4. The first-order valence-electron chi connectivity index (χ1n) is 12.5. The fourth-order valence-corrected chi connectivity index (χ4v) is 5.87. The predicted molar refractivity (Wildman–Crippen MR) is 131 cm³/mol. The van der Waals surface area contributed by atoms with Crippen LogP contribution >= 0.6 is 0 Å². The molecule has 1 saturated heterocycles. The van der Waals surface area contributed by atoms with Crippen molar-refractivity contribution >= 4 is 18.0 Å². The van der Waals surface area contributed by atoms with Crippen LogP contribution in [0.4, 0.5) is 4.79 Å². The van der Waals surface area contributed by atoms with Gasteiger partial charge in [-0.2, -0.15) is 0 Å². The Morgan fingerprint density at radius 2 is 1.60 bits per heavy atom. The van der Waals surface area contributed by atoms with Gasteiger partial charge < -0.3 is 20.1 Å². The molecule has 7 heteroatoms. The van der Waals surface area contributed by atoms with Crippen molar-refractivity contribution in [2.75, 3.05) is 19.7 Å². The monoisotopic (exact) mass is 476 g/mol. The van der Waals surface area contributed by atoms with E-state index in [0.29, 0.717) is 19.5 Å². The summed E-state index contributed by atoms with van der Waals surface area (Å²) < 4.78 is 5.68. The first-order valence-corrected chi connectivity index (χ1v) is 12.5. The van der Waals surface area contributed by atoms with Crippen molar-refractivity contribution in [3.8, 4) is 11.1 Å². The first-order chi connectivity index (χ1) is 16.9. The third-order valence-electron chi connectivity index (χ3n) is 8.06. The Morgan fingerprint density at radius 3 is 2.14 bits per heavy atom. The van der Waals surface area contributed by atoms with E-state index < -0.39 is 18.1 Å². The van der Waals surface area contributed by atoms with Crippen molar-refractivity contribution in [3.63, 3.8) is 0 Å². The number of benzene rings is 2. The van der Waals surface area contributed by atoms with Gasteiger partial charge in [-0.25, -0.2) is 4.79 Å². The lowest BCUT2D eigenvalue weighted by Gasteiger charge is -2.27. The molecule has 3 aliphatic rings. The van der Waals surface area contributed by atoms with Crippen molar-refractivity contribution in [3.05, 3.63) is 59.7 Å². The molecular weight excluding hydrogens is 444 g/mol. The summed E-state index contributed by atoms with van der Waals surface area (Å²) in [6.07, 6.45) is 0.817. The molecule has 2 aliphatic carbocycles. The van der Waals surface area contributed by atoms with E-state index in [-0.39, 0.29) is 42.1 Å². The molecule has 5 rings (SSSR count). The fourth-order valence-electron chi connectivity index (χ4n) is 5.87. The molecule has 2 aromatic carbocycles. The van der Waals surface area contributed by atoms with Gasteiger partial charge in [0.05, 0.1) is 5.92 Å². The van der Waals surface area contributed by atoms with Gasteiger partial charge in [0.2, 0.25) is 5.91 Å². The second-order valence-electron chi connectivity index (χ2n) is 10.2. The lowest BCUT2D eigenvalue weighted by atomic mass is 9.98. The summed E-state index contributed by atoms with van der Waals surface area (Å²) in [6, 6.07) is 15.6. The van der Waals surface area contributed by atoms with Gasteiger partial charge in [-0.3, -0.25) is 9.59 Å². The van der Waals surface area contributed by atoms with Crippen LogP contribution in [-0.2, 0) is 14.3 Å². The number of likely N-dealkylation sites (tertiary alicyclic amines) is 1. The van der Waals surface area contributed by atoms with Gasteiger partial charge in [-0.05, 0) is 46.4 Å². The fraction of sp³-hybridized carbons (Fsp3) is 0.464. The third kappa shape index (κ3) is 4.40. The molecule has 2 amide bonds. The third-order valence-corrected chi connectivity index (χ3v) is 8.06. The molecule has 2 aromatic rings. The summed E-state index contributed by atoms with van der Waals surface area (Å²) in [5.74, 6) is -0.972. The van der Waals surface area contributed by atoms with E-state index in [0.717, 1.165) is 28.7 Å². The number of nitrogens with one attached hydrogen (secondary N) is 1. The number of aliphatic carboxylic acids is 1. The molecule has 5 atom stereocenters. The number of amides is 2. The number of carbonyl (C=O) groups is 3. The van der Waals surface area contributed by atoms with Crippen molar-refractivity contribution in [2.45, 2.75) is 38.6 Å². The van der Waals surface area contributed by atoms with E-state index in [2.05, 4.69) is 43.4 Å². The molecule has 1 saturated carbocycles. The van der Waals surface area contributed by atoms with E-state index >= 15 is 0 Å². The van der Waals surface area contributed by atoms with Gasteiger partial charge in [-0.1, -0.05) is 68.8 Å². The number of ether oxygens (including phenoxy) is 1. The van der Waals surface area contributed by atoms with Crippen molar-refractivity contribution < 1.29 is 24.2 Å². The van der Waals surface area contributed by atoms with Gasteiger partial charge in [0.25, 0.3) is 0 Å². The van der Waals surface area contributed by atoms with E-state index in [1.54, 1.807) is 4.90 Å². The Labute approximate surface area is 205 Å². The van der Waals surface area contributed by atoms with Crippen LogP contribution in [0.2, 0.25) is 0 Å². The molecule has 7 nitrogen and oxygen atoms in total. The molecule has 0 bridgehead atoms. The highest BCUT2D eigenvalue weighted by atomic mass is 16.5.